The van der Waals surface area contributed by atoms with E-state index >= 15 is 0 Å². The number of rotatable bonds is 2. The van der Waals surface area contributed by atoms with Crippen molar-refractivity contribution in [2.75, 3.05) is 4.90 Å². The van der Waals surface area contributed by atoms with E-state index in [2.05, 4.69) is 12.1 Å². The third-order valence-electron chi connectivity index (χ3n) is 5.14. The summed E-state index contributed by atoms with van der Waals surface area (Å²) in [7, 11) is 0. The minimum Gasteiger partial charge on any atom is -0.302 e. The number of fused-ring (bicyclic) bond motifs is 2. The van der Waals surface area contributed by atoms with Crippen LogP contribution in [0.1, 0.15) is 21.6 Å². The van der Waals surface area contributed by atoms with Gasteiger partial charge in [-0.2, -0.15) is 0 Å². The number of benzene rings is 3. The first-order chi connectivity index (χ1) is 13.2. The van der Waals surface area contributed by atoms with E-state index in [9.17, 15) is 4.79 Å². The molecule has 0 unspecified atom stereocenters. The molecule has 1 aromatic heterocycles. The van der Waals surface area contributed by atoms with E-state index in [1.54, 1.807) is 0 Å². The van der Waals surface area contributed by atoms with E-state index in [0.717, 1.165) is 39.0 Å². The largest absolute Gasteiger partial charge is 0.302 e. The smallest absolute Gasteiger partial charge is 0.261 e. The molecular formula is C24H18N2O. The average Bonchev–Trinajstić information content (AvgIpc) is 3.03. The highest BCUT2D eigenvalue weighted by Gasteiger charge is 2.33. The summed E-state index contributed by atoms with van der Waals surface area (Å²) in [6.45, 7) is 2.55. The maximum absolute atomic E-state index is 13.4. The molecule has 2 heterocycles. The van der Waals surface area contributed by atoms with E-state index < -0.39 is 0 Å². The van der Waals surface area contributed by atoms with Crippen LogP contribution in [0.25, 0.3) is 22.0 Å². The Hall–Kier alpha value is -3.46. The molecule has 130 valence electrons. The van der Waals surface area contributed by atoms with Gasteiger partial charge >= 0.3 is 0 Å². The number of hydrogen-bond donors (Lipinski definition) is 0. The van der Waals surface area contributed by atoms with Gasteiger partial charge in [0.15, 0.2) is 0 Å². The van der Waals surface area contributed by atoms with Crippen molar-refractivity contribution in [3.63, 3.8) is 0 Å². The Kier molecular flexibility index (Phi) is 3.54. The van der Waals surface area contributed by atoms with Crippen molar-refractivity contribution < 1.29 is 4.79 Å². The van der Waals surface area contributed by atoms with Gasteiger partial charge in [-0.1, -0.05) is 66.2 Å². The van der Waals surface area contributed by atoms with Crippen LogP contribution in [0.5, 0.6) is 0 Å². The molecule has 3 nitrogen and oxygen atoms in total. The first kappa shape index (κ1) is 15.8. The number of anilines is 1. The molecule has 0 aliphatic carbocycles. The van der Waals surface area contributed by atoms with Crippen LogP contribution in [0.15, 0.2) is 78.9 Å². The van der Waals surface area contributed by atoms with Gasteiger partial charge in [-0.05, 0) is 30.7 Å². The lowest BCUT2D eigenvalue weighted by Gasteiger charge is -2.16. The highest BCUT2D eigenvalue weighted by molar-refractivity contribution is 6.17. The standard InChI is InChI=1S/C24H18N2O/c1-16-11-13-18(14-12-16)26-15-21-23(24(26)27)22(17-7-3-2-4-8-17)19-9-5-6-10-20(19)25-21/h2-14H,15H2,1H3. The minimum atomic E-state index is 0.0194. The number of hydrogen-bond acceptors (Lipinski definition) is 2. The second kappa shape index (κ2) is 6.06. The number of carbonyl (C=O) groups excluding carboxylic acids is 1. The molecule has 0 spiro atoms. The van der Waals surface area contributed by atoms with Crippen molar-refractivity contribution in [1.82, 2.24) is 4.98 Å². The zero-order valence-electron chi connectivity index (χ0n) is 15.0. The third kappa shape index (κ3) is 2.51. The van der Waals surface area contributed by atoms with Crippen LogP contribution < -0.4 is 4.90 Å². The molecule has 3 heteroatoms. The number of carbonyl (C=O) groups is 1. The van der Waals surface area contributed by atoms with E-state index in [1.165, 1.54) is 5.56 Å². The molecule has 4 aromatic rings. The molecule has 27 heavy (non-hydrogen) atoms. The number of amides is 1. The normalized spacial score (nSPS) is 13.2. The minimum absolute atomic E-state index is 0.0194. The first-order valence-electron chi connectivity index (χ1n) is 9.08. The van der Waals surface area contributed by atoms with Crippen molar-refractivity contribution in [2.24, 2.45) is 0 Å². The van der Waals surface area contributed by atoms with Crippen molar-refractivity contribution in [1.29, 1.82) is 0 Å². The lowest BCUT2D eigenvalue weighted by Crippen LogP contribution is -2.23. The number of pyridine rings is 1. The summed E-state index contributed by atoms with van der Waals surface area (Å²) in [4.78, 5) is 20.1. The van der Waals surface area contributed by atoms with Gasteiger partial charge in [0.1, 0.15) is 0 Å². The van der Waals surface area contributed by atoms with Gasteiger partial charge in [0.25, 0.3) is 5.91 Å². The molecule has 1 amide bonds. The molecule has 1 aliphatic rings. The topological polar surface area (TPSA) is 33.2 Å². The maximum Gasteiger partial charge on any atom is 0.261 e. The van der Waals surface area contributed by atoms with Gasteiger partial charge in [0.2, 0.25) is 0 Å². The zero-order chi connectivity index (χ0) is 18.4. The Morgan fingerprint density at radius 1 is 0.815 bits per heavy atom. The first-order valence-corrected chi connectivity index (χ1v) is 9.08. The van der Waals surface area contributed by atoms with Crippen LogP contribution in [-0.2, 0) is 6.54 Å². The summed E-state index contributed by atoms with van der Waals surface area (Å²) in [6, 6.07) is 26.3. The van der Waals surface area contributed by atoms with E-state index in [-0.39, 0.29) is 5.91 Å². The summed E-state index contributed by atoms with van der Waals surface area (Å²) >= 11 is 0. The van der Waals surface area contributed by atoms with Crippen molar-refractivity contribution in [3.05, 3.63) is 95.7 Å². The quantitative estimate of drug-likeness (QED) is 0.487. The summed E-state index contributed by atoms with van der Waals surface area (Å²) in [5.41, 5.74) is 6.61. The zero-order valence-corrected chi connectivity index (χ0v) is 15.0. The number of para-hydroxylation sites is 1. The lowest BCUT2D eigenvalue weighted by molar-refractivity contribution is 0.0997. The highest BCUT2D eigenvalue weighted by Crippen LogP contribution is 2.38. The Morgan fingerprint density at radius 2 is 1.52 bits per heavy atom. The van der Waals surface area contributed by atoms with Crippen molar-refractivity contribution in [3.8, 4) is 11.1 Å². The van der Waals surface area contributed by atoms with Crippen molar-refractivity contribution in [2.45, 2.75) is 13.5 Å². The molecule has 0 saturated carbocycles. The lowest BCUT2D eigenvalue weighted by atomic mass is 9.95. The monoisotopic (exact) mass is 350 g/mol. The van der Waals surface area contributed by atoms with Gasteiger partial charge in [0.05, 0.1) is 23.3 Å². The van der Waals surface area contributed by atoms with Crippen LogP contribution in [0.3, 0.4) is 0 Å². The van der Waals surface area contributed by atoms with Crippen LogP contribution in [-0.4, -0.2) is 10.9 Å². The molecule has 0 radical (unpaired) electrons. The van der Waals surface area contributed by atoms with Crippen molar-refractivity contribution >= 4 is 22.5 Å². The second-order valence-electron chi connectivity index (χ2n) is 6.92. The van der Waals surface area contributed by atoms with Gasteiger partial charge in [-0.25, -0.2) is 0 Å². The number of aromatic nitrogens is 1. The molecular weight excluding hydrogens is 332 g/mol. The van der Waals surface area contributed by atoms with Crippen LogP contribution in [0, 0.1) is 6.92 Å². The molecule has 3 aromatic carbocycles. The Labute approximate surface area is 157 Å². The SMILES string of the molecule is Cc1ccc(N2Cc3nc4ccccc4c(-c4ccccc4)c3C2=O)cc1. The van der Waals surface area contributed by atoms with E-state index in [4.69, 9.17) is 4.98 Å². The fraction of sp³-hybridized carbons (Fsp3) is 0.0833. The fourth-order valence-corrected chi connectivity index (χ4v) is 3.80. The third-order valence-corrected chi connectivity index (χ3v) is 5.14. The summed E-state index contributed by atoms with van der Waals surface area (Å²) < 4.78 is 0. The molecule has 0 bridgehead atoms. The Morgan fingerprint density at radius 3 is 2.30 bits per heavy atom. The summed E-state index contributed by atoms with van der Waals surface area (Å²) in [6.07, 6.45) is 0. The second-order valence-corrected chi connectivity index (χ2v) is 6.92. The maximum atomic E-state index is 13.4. The molecule has 1 aliphatic heterocycles. The molecule has 0 N–H and O–H groups in total. The Balaban J connectivity index is 1.75. The van der Waals surface area contributed by atoms with E-state index in [0.29, 0.717) is 6.54 Å². The predicted molar refractivity (Wildman–Crippen MR) is 109 cm³/mol. The molecule has 5 rings (SSSR count). The predicted octanol–water partition coefficient (Wildman–Crippen LogP) is 5.37. The van der Waals surface area contributed by atoms with Crippen LogP contribution in [0.4, 0.5) is 5.69 Å². The molecule has 0 fully saturated rings. The molecule has 0 atom stereocenters. The average molecular weight is 350 g/mol. The Bertz CT molecular complexity index is 1160. The van der Waals surface area contributed by atoms with Crippen LogP contribution in [0.2, 0.25) is 0 Å². The number of nitrogens with zero attached hydrogens (tertiary/aromatic N) is 2. The van der Waals surface area contributed by atoms with Gasteiger partial charge < -0.3 is 4.90 Å². The fourth-order valence-electron chi connectivity index (χ4n) is 3.80. The summed E-state index contributed by atoms with van der Waals surface area (Å²) in [5, 5.41) is 1.02. The number of aryl methyl sites for hydroxylation is 1. The highest BCUT2D eigenvalue weighted by atomic mass is 16.2. The van der Waals surface area contributed by atoms with Gasteiger partial charge in [0, 0.05) is 16.6 Å². The van der Waals surface area contributed by atoms with Crippen LogP contribution >= 0.6 is 0 Å². The van der Waals surface area contributed by atoms with E-state index in [1.807, 2.05) is 78.6 Å². The van der Waals surface area contributed by atoms with Gasteiger partial charge in [-0.15, -0.1) is 0 Å². The summed E-state index contributed by atoms with van der Waals surface area (Å²) in [5.74, 6) is 0.0194. The van der Waals surface area contributed by atoms with Gasteiger partial charge in [-0.3, -0.25) is 9.78 Å². The molecule has 0 saturated heterocycles.